The molecule has 1 aromatic carbocycles. The summed E-state index contributed by atoms with van der Waals surface area (Å²) in [6, 6.07) is 5.30. The van der Waals surface area contributed by atoms with E-state index in [1.165, 1.54) is 0 Å². The van der Waals surface area contributed by atoms with Gasteiger partial charge in [0.05, 0.1) is 0 Å². The van der Waals surface area contributed by atoms with Gasteiger partial charge >= 0.3 is 5.97 Å². The van der Waals surface area contributed by atoms with Gasteiger partial charge in [-0.25, -0.2) is 4.79 Å². The summed E-state index contributed by atoms with van der Waals surface area (Å²) >= 11 is 5.67. The Morgan fingerprint density at radius 2 is 2.21 bits per heavy atom. The third-order valence-corrected chi connectivity index (χ3v) is 2.28. The first-order valence-electron chi connectivity index (χ1n) is 4.01. The van der Waals surface area contributed by atoms with Crippen molar-refractivity contribution in [3.05, 3.63) is 34.5 Å². The van der Waals surface area contributed by atoms with E-state index in [0.29, 0.717) is 11.0 Å². The van der Waals surface area contributed by atoms with Crippen molar-refractivity contribution < 1.29 is 14.3 Å². The predicted molar refractivity (Wildman–Crippen MR) is 52.9 cm³/mol. The van der Waals surface area contributed by atoms with Crippen LogP contribution in [0.2, 0.25) is 5.22 Å². The molecule has 0 bridgehead atoms. The summed E-state index contributed by atoms with van der Waals surface area (Å²) in [5.41, 5.74) is 1.50. The van der Waals surface area contributed by atoms with Crippen LogP contribution in [-0.2, 0) is 0 Å². The minimum absolute atomic E-state index is 0.0327. The van der Waals surface area contributed by atoms with Gasteiger partial charge in [-0.05, 0) is 30.7 Å². The molecule has 0 radical (unpaired) electrons. The van der Waals surface area contributed by atoms with Gasteiger partial charge in [-0.3, -0.25) is 0 Å². The molecule has 0 spiro atoms. The van der Waals surface area contributed by atoms with E-state index in [-0.39, 0.29) is 10.8 Å². The van der Waals surface area contributed by atoms with Gasteiger partial charge < -0.3 is 9.52 Å². The third-order valence-electron chi connectivity index (χ3n) is 2.01. The first-order valence-corrected chi connectivity index (χ1v) is 4.39. The molecule has 2 rings (SSSR count). The van der Waals surface area contributed by atoms with Crippen LogP contribution in [0.3, 0.4) is 0 Å². The van der Waals surface area contributed by atoms with Gasteiger partial charge in [0.15, 0.2) is 0 Å². The van der Waals surface area contributed by atoms with Crippen LogP contribution >= 0.6 is 11.6 Å². The van der Waals surface area contributed by atoms with Crippen LogP contribution in [0.4, 0.5) is 0 Å². The Labute approximate surface area is 84.9 Å². The second-order valence-electron chi connectivity index (χ2n) is 3.06. The zero-order valence-electron chi connectivity index (χ0n) is 7.37. The van der Waals surface area contributed by atoms with E-state index in [9.17, 15) is 4.79 Å². The maximum absolute atomic E-state index is 10.9. The average Bonchev–Trinajstić information content (AvgIpc) is 2.40. The fourth-order valence-corrected chi connectivity index (χ4v) is 1.65. The van der Waals surface area contributed by atoms with Gasteiger partial charge in [0.1, 0.15) is 11.1 Å². The molecule has 0 aliphatic carbocycles. The smallest absolute Gasteiger partial charge is 0.341 e. The van der Waals surface area contributed by atoms with Crippen LogP contribution in [0.1, 0.15) is 15.9 Å². The number of hydrogen-bond acceptors (Lipinski definition) is 2. The number of halogens is 1. The molecule has 3 nitrogen and oxygen atoms in total. The van der Waals surface area contributed by atoms with E-state index in [4.69, 9.17) is 21.1 Å². The number of furan rings is 1. The SMILES string of the molecule is Cc1ccc2oc(Cl)c(C(=O)O)c2c1. The van der Waals surface area contributed by atoms with Crippen molar-refractivity contribution >= 4 is 28.5 Å². The molecule has 72 valence electrons. The molecule has 1 heterocycles. The molecule has 0 aliphatic heterocycles. The van der Waals surface area contributed by atoms with E-state index in [1.54, 1.807) is 12.1 Å². The summed E-state index contributed by atoms with van der Waals surface area (Å²) in [6.07, 6.45) is 0. The molecule has 0 unspecified atom stereocenters. The Balaban J connectivity index is 2.86. The highest BCUT2D eigenvalue weighted by molar-refractivity contribution is 6.33. The molecule has 1 N–H and O–H groups in total. The van der Waals surface area contributed by atoms with Crippen molar-refractivity contribution in [2.75, 3.05) is 0 Å². The summed E-state index contributed by atoms with van der Waals surface area (Å²) in [5, 5.41) is 9.37. The van der Waals surface area contributed by atoms with Crippen LogP contribution in [0.5, 0.6) is 0 Å². The van der Waals surface area contributed by atoms with Crippen LogP contribution < -0.4 is 0 Å². The molecule has 0 saturated heterocycles. The normalized spacial score (nSPS) is 10.7. The van der Waals surface area contributed by atoms with Crippen molar-refractivity contribution in [1.29, 1.82) is 0 Å². The third kappa shape index (κ3) is 1.26. The van der Waals surface area contributed by atoms with Crippen molar-refractivity contribution in [3.63, 3.8) is 0 Å². The summed E-state index contributed by atoms with van der Waals surface area (Å²) in [6.45, 7) is 1.88. The minimum atomic E-state index is -1.07. The van der Waals surface area contributed by atoms with E-state index < -0.39 is 5.97 Å². The molecule has 0 amide bonds. The number of benzene rings is 1. The first kappa shape index (κ1) is 9.09. The number of hydrogen-bond donors (Lipinski definition) is 1. The Hall–Kier alpha value is -1.48. The van der Waals surface area contributed by atoms with Gasteiger partial charge in [0.25, 0.3) is 0 Å². The van der Waals surface area contributed by atoms with Crippen molar-refractivity contribution in [3.8, 4) is 0 Å². The van der Waals surface area contributed by atoms with Gasteiger partial charge in [-0.1, -0.05) is 11.6 Å². The van der Waals surface area contributed by atoms with Crippen molar-refractivity contribution in [1.82, 2.24) is 0 Å². The quantitative estimate of drug-likeness (QED) is 0.787. The number of carboxylic acid groups (broad SMARTS) is 1. The lowest BCUT2D eigenvalue weighted by atomic mass is 10.1. The second-order valence-corrected chi connectivity index (χ2v) is 3.40. The highest BCUT2D eigenvalue weighted by atomic mass is 35.5. The number of aryl methyl sites for hydroxylation is 1. The number of carbonyl (C=O) groups is 1. The molecule has 0 fully saturated rings. The molecular weight excluding hydrogens is 204 g/mol. The fourth-order valence-electron chi connectivity index (χ4n) is 1.38. The summed E-state index contributed by atoms with van der Waals surface area (Å²) in [5.74, 6) is -1.07. The van der Waals surface area contributed by atoms with E-state index in [1.807, 2.05) is 13.0 Å². The van der Waals surface area contributed by atoms with Crippen LogP contribution in [0, 0.1) is 6.92 Å². The molecule has 0 saturated carbocycles. The van der Waals surface area contributed by atoms with E-state index >= 15 is 0 Å². The number of rotatable bonds is 1. The molecular formula is C10H7ClO3. The predicted octanol–water partition coefficient (Wildman–Crippen LogP) is 3.09. The topological polar surface area (TPSA) is 50.4 Å². The molecule has 0 atom stereocenters. The molecule has 14 heavy (non-hydrogen) atoms. The summed E-state index contributed by atoms with van der Waals surface area (Å²) in [7, 11) is 0. The zero-order chi connectivity index (χ0) is 10.3. The largest absolute Gasteiger partial charge is 0.477 e. The monoisotopic (exact) mass is 210 g/mol. The maximum Gasteiger partial charge on any atom is 0.341 e. The zero-order valence-corrected chi connectivity index (χ0v) is 8.13. The van der Waals surface area contributed by atoms with Crippen LogP contribution in [0.15, 0.2) is 22.6 Å². The maximum atomic E-state index is 10.9. The fraction of sp³-hybridized carbons (Fsp3) is 0.100. The molecule has 1 aromatic heterocycles. The number of fused-ring (bicyclic) bond motifs is 1. The Kier molecular flexibility index (Phi) is 1.97. The molecule has 2 aromatic rings. The minimum Gasteiger partial charge on any atom is -0.477 e. The summed E-state index contributed by atoms with van der Waals surface area (Å²) in [4.78, 5) is 10.9. The Morgan fingerprint density at radius 3 is 2.86 bits per heavy atom. The number of carboxylic acids is 1. The van der Waals surface area contributed by atoms with E-state index in [2.05, 4.69) is 0 Å². The van der Waals surface area contributed by atoms with Gasteiger partial charge in [0.2, 0.25) is 5.22 Å². The van der Waals surface area contributed by atoms with Gasteiger partial charge in [-0.2, -0.15) is 0 Å². The Bertz CT molecular complexity index is 513. The standard InChI is InChI=1S/C10H7ClO3/c1-5-2-3-7-6(4-5)8(10(12)13)9(11)14-7/h2-4H,1H3,(H,12,13). The van der Waals surface area contributed by atoms with Crippen LogP contribution in [0.25, 0.3) is 11.0 Å². The summed E-state index contributed by atoms with van der Waals surface area (Å²) < 4.78 is 5.10. The van der Waals surface area contributed by atoms with Crippen molar-refractivity contribution in [2.24, 2.45) is 0 Å². The Morgan fingerprint density at radius 1 is 1.50 bits per heavy atom. The molecule has 0 aliphatic rings. The molecule has 4 heteroatoms. The number of aromatic carboxylic acids is 1. The van der Waals surface area contributed by atoms with Gasteiger partial charge in [0, 0.05) is 5.39 Å². The highest BCUT2D eigenvalue weighted by Crippen LogP contribution is 2.30. The van der Waals surface area contributed by atoms with E-state index in [0.717, 1.165) is 5.56 Å². The van der Waals surface area contributed by atoms with Crippen LogP contribution in [-0.4, -0.2) is 11.1 Å². The lowest BCUT2D eigenvalue weighted by Gasteiger charge is -1.92. The first-order chi connectivity index (χ1) is 6.59. The second kappa shape index (κ2) is 3.03. The van der Waals surface area contributed by atoms with Gasteiger partial charge in [-0.15, -0.1) is 0 Å². The highest BCUT2D eigenvalue weighted by Gasteiger charge is 2.18. The lowest BCUT2D eigenvalue weighted by Crippen LogP contribution is -1.94. The lowest BCUT2D eigenvalue weighted by molar-refractivity contribution is 0.0698. The average molecular weight is 211 g/mol. The van der Waals surface area contributed by atoms with Crippen molar-refractivity contribution in [2.45, 2.75) is 6.92 Å².